The number of halogens is 1. The molecule has 0 radical (unpaired) electrons. The van der Waals surface area contributed by atoms with Crippen molar-refractivity contribution in [3.8, 4) is 0 Å². The fraction of sp³-hybridized carbons (Fsp3) is 0.200. The van der Waals surface area contributed by atoms with Gasteiger partial charge in [-0.1, -0.05) is 33.3 Å². The molecule has 1 atom stereocenters. The summed E-state index contributed by atoms with van der Waals surface area (Å²) in [4.78, 5) is 10.9. The van der Waals surface area contributed by atoms with Crippen LogP contribution in [0.2, 0.25) is 0 Å². The van der Waals surface area contributed by atoms with Gasteiger partial charge in [0, 0.05) is 4.47 Å². The van der Waals surface area contributed by atoms with Crippen LogP contribution in [0, 0.1) is 0 Å². The molecule has 17 heavy (non-hydrogen) atoms. The molecule has 0 spiro atoms. The minimum atomic E-state index is -0.903. The third-order valence-electron chi connectivity index (χ3n) is 2.30. The number of H-pyrrole nitrogens is 1. The predicted octanol–water partition coefficient (Wildman–Crippen LogP) is 1.57. The predicted molar refractivity (Wildman–Crippen MR) is 62.4 cm³/mol. The maximum atomic E-state index is 10.9. The van der Waals surface area contributed by atoms with Gasteiger partial charge in [0.1, 0.15) is 0 Å². The zero-order valence-electron chi connectivity index (χ0n) is 8.67. The first-order valence-corrected chi connectivity index (χ1v) is 5.66. The van der Waals surface area contributed by atoms with E-state index in [1.807, 2.05) is 24.3 Å². The Morgan fingerprint density at radius 1 is 1.53 bits per heavy atom. The van der Waals surface area contributed by atoms with Crippen LogP contribution in [0.1, 0.15) is 23.7 Å². The van der Waals surface area contributed by atoms with Gasteiger partial charge in [0.15, 0.2) is 5.82 Å². The highest BCUT2D eigenvalue weighted by molar-refractivity contribution is 9.10. The zero-order chi connectivity index (χ0) is 12.3. The van der Waals surface area contributed by atoms with Gasteiger partial charge < -0.3 is 5.11 Å². The summed E-state index contributed by atoms with van der Waals surface area (Å²) in [6.45, 7) is 0. The lowest BCUT2D eigenvalue weighted by atomic mass is 9.95. The highest BCUT2D eigenvalue weighted by Gasteiger charge is 2.21. The number of aromatic nitrogens is 4. The Hall–Kier alpha value is -1.76. The number of nitrogens with zero attached hydrogens (tertiary/aromatic N) is 3. The van der Waals surface area contributed by atoms with Gasteiger partial charge in [0.2, 0.25) is 0 Å². The lowest BCUT2D eigenvalue weighted by molar-refractivity contribution is -0.137. The number of rotatable bonds is 4. The second-order valence-electron chi connectivity index (χ2n) is 3.48. The summed E-state index contributed by atoms with van der Waals surface area (Å²) in [5, 5.41) is 22.4. The van der Waals surface area contributed by atoms with Crippen molar-refractivity contribution in [1.29, 1.82) is 0 Å². The van der Waals surface area contributed by atoms with E-state index >= 15 is 0 Å². The molecule has 0 amide bonds. The van der Waals surface area contributed by atoms with Crippen LogP contribution in [-0.2, 0) is 4.79 Å². The van der Waals surface area contributed by atoms with Gasteiger partial charge in [-0.25, -0.2) is 0 Å². The number of nitrogens with one attached hydrogen (secondary N) is 1. The second-order valence-corrected chi connectivity index (χ2v) is 4.39. The average molecular weight is 297 g/mol. The molecule has 7 heteroatoms. The SMILES string of the molecule is O=C(O)C[C@H](c1cccc(Br)c1)c1nn[nH]n1. The Balaban J connectivity index is 2.36. The zero-order valence-corrected chi connectivity index (χ0v) is 10.3. The molecule has 2 rings (SSSR count). The first-order chi connectivity index (χ1) is 8.16. The summed E-state index contributed by atoms with van der Waals surface area (Å²) < 4.78 is 0.883. The van der Waals surface area contributed by atoms with Crippen LogP contribution in [0.3, 0.4) is 0 Å². The van der Waals surface area contributed by atoms with Crippen LogP contribution in [-0.4, -0.2) is 31.7 Å². The number of carboxylic acid groups (broad SMARTS) is 1. The molecule has 0 aliphatic heterocycles. The quantitative estimate of drug-likeness (QED) is 0.893. The van der Waals surface area contributed by atoms with Crippen LogP contribution in [0.4, 0.5) is 0 Å². The highest BCUT2D eigenvalue weighted by atomic mass is 79.9. The van der Waals surface area contributed by atoms with Gasteiger partial charge in [-0.15, -0.1) is 10.2 Å². The maximum Gasteiger partial charge on any atom is 0.304 e. The number of aliphatic carboxylic acids is 1. The van der Waals surface area contributed by atoms with E-state index in [2.05, 4.69) is 36.6 Å². The standard InChI is InChI=1S/C10H9BrN4O2/c11-7-3-1-2-6(4-7)8(5-9(16)17)10-12-14-15-13-10/h1-4,8H,5H2,(H,16,17)(H,12,13,14,15)/t8-/m1/s1. The van der Waals surface area contributed by atoms with E-state index in [0.717, 1.165) is 10.0 Å². The Bertz CT molecular complexity index is 515. The first-order valence-electron chi connectivity index (χ1n) is 4.87. The second kappa shape index (κ2) is 5.05. The molecular formula is C10H9BrN4O2. The number of tetrazole rings is 1. The van der Waals surface area contributed by atoms with Crippen LogP contribution < -0.4 is 0 Å². The van der Waals surface area contributed by atoms with Crippen molar-refractivity contribution in [1.82, 2.24) is 20.6 Å². The van der Waals surface area contributed by atoms with Crippen molar-refractivity contribution in [2.75, 3.05) is 0 Å². The molecule has 2 N–H and O–H groups in total. The molecule has 1 aromatic carbocycles. The molecule has 1 heterocycles. The number of aromatic amines is 1. The maximum absolute atomic E-state index is 10.9. The van der Waals surface area contributed by atoms with Crippen LogP contribution in [0.25, 0.3) is 0 Å². The largest absolute Gasteiger partial charge is 0.481 e. The van der Waals surface area contributed by atoms with Crippen molar-refractivity contribution in [2.24, 2.45) is 0 Å². The number of hydrogen-bond donors (Lipinski definition) is 2. The summed E-state index contributed by atoms with van der Waals surface area (Å²) in [5.74, 6) is -0.922. The van der Waals surface area contributed by atoms with E-state index in [4.69, 9.17) is 5.11 Å². The van der Waals surface area contributed by atoms with Gasteiger partial charge in [-0.05, 0) is 17.7 Å². The van der Waals surface area contributed by atoms with Gasteiger partial charge >= 0.3 is 5.97 Å². The Morgan fingerprint density at radius 3 is 2.94 bits per heavy atom. The van der Waals surface area contributed by atoms with Crippen LogP contribution >= 0.6 is 15.9 Å². The Morgan fingerprint density at radius 2 is 2.35 bits per heavy atom. The summed E-state index contributed by atoms with van der Waals surface area (Å²) in [6.07, 6.45) is -0.0734. The topological polar surface area (TPSA) is 91.8 Å². The molecule has 0 aliphatic rings. The lowest BCUT2D eigenvalue weighted by Gasteiger charge is -2.11. The third kappa shape index (κ3) is 2.88. The van der Waals surface area contributed by atoms with Gasteiger partial charge in [0.25, 0.3) is 0 Å². The fourth-order valence-electron chi connectivity index (χ4n) is 1.57. The van der Waals surface area contributed by atoms with E-state index in [1.54, 1.807) is 0 Å². The molecule has 2 aromatic rings. The molecule has 0 fully saturated rings. The molecule has 0 aliphatic carbocycles. The van der Waals surface area contributed by atoms with Crippen LogP contribution in [0.5, 0.6) is 0 Å². The van der Waals surface area contributed by atoms with Crippen molar-refractivity contribution in [3.05, 3.63) is 40.1 Å². The normalized spacial score (nSPS) is 12.3. The first kappa shape index (κ1) is 11.7. The summed E-state index contributed by atoms with van der Waals surface area (Å²) in [7, 11) is 0. The molecular weight excluding hydrogens is 288 g/mol. The minimum Gasteiger partial charge on any atom is -0.481 e. The van der Waals surface area contributed by atoms with Gasteiger partial charge in [0.05, 0.1) is 12.3 Å². The van der Waals surface area contributed by atoms with E-state index in [1.165, 1.54) is 0 Å². The van der Waals surface area contributed by atoms with Gasteiger partial charge in [-0.2, -0.15) is 5.21 Å². The number of carbonyl (C=O) groups is 1. The molecule has 0 bridgehead atoms. The van der Waals surface area contributed by atoms with Crippen LogP contribution in [0.15, 0.2) is 28.7 Å². The van der Waals surface area contributed by atoms with E-state index in [-0.39, 0.29) is 6.42 Å². The lowest BCUT2D eigenvalue weighted by Crippen LogP contribution is -2.09. The average Bonchev–Trinajstić information content (AvgIpc) is 2.79. The molecule has 0 saturated heterocycles. The van der Waals surface area contributed by atoms with Crippen molar-refractivity contribution in [3.63, 3.8) is 0 Å². The number of carboxylic acids is 1. The molecule has 88 valence electrons. The fourth-order valence-corrected chi connectivity index (χ4v) is 1.99. The van der Waals surface area contributed by atoms with Crippen molar-refractivity contribution >= 4 is 21.9 Å². The highest BCUT2D eigenvalue weighted by Crippen LogP contribution is 2.26. The molecule has 0 saturated carbocycles. The summed E-state index contributed by atoms with van der Waals surface area (Å²) >= 11 is 3.35. The Kier molecular flexibility index (Phi) is 3.48. The van der Waals surface area contributed by atoms with E-state index in [0.29, 0.717) is 5.82 Å². The number of hydrogen-bond acceptors (Lipinski definition) is 4. The third-order valence-corrected chi connectivity index (χ3v) is 2.80. The molecule has 1 aromatic heterocycles. The van der Waals surface area contributed by atoms with Crippen molar-refractivity contribution in [2.45, 2.75) is 12.3 Å². The summed E-state index contributed by atoms with van der Waals surface area (Å²) in [6, 6.07) is 7.41. The number of benzene rings is 1. The van der Waals surface area contributed by atoms with E-state index < -0.39 is 11.9 Å². The van der Waals surface area contributed by atoms with Gasteiger partial charge in [-0.3, -0.25) is 4.79 Å². The molecule has 0 unspecified atom stereocenters. The smallest absolute Gasteiger partial charge is 0.304 e. The van der Waals surface area contributed by atoms with E-state index in [9.17, 15) is 4.79 Å². The minimum absolute atomic E-state index is 0.0734. The summed E-state index contributed by atoms with van der Waals surface area (Å²) in [5.41, 5.74) is 0.836. The van der Waals surface area contributed by atoms with Crippen molar-refractivity contribution < 1.29 is 9.90 Å². The monoisotopic (exact) mass is 296 g/mol. The molecule has 6 nitrogen and oxygen atoms in total. The Labute approximate surface area is 105 Å².